The van der Waals surface area contributed by atoms with Crippen LogP contribution in [0, 0.1) is 0 Å². The fraction of sp³-hybridized carbons (Fsp3) is 0.579. The standard InChI is InChI=1S/C19H25NO5S/c21-17-7-3-4-8-18(17)25-19(22)15-9-11-16(12-10-15)26(23,24)20-13-5-1-2-6-14-20/h9-12,18H,1-8,13-14H2. The van der Waals surface area contributed by atoms with E-state index in [-0.39, 0.29) is 16.2 Å². The van der Waals surface area contributed by atoms with Crippen LogP contribution >= 0.6 is 0 Å². The Morgan fingerprint density at radius 2 is 1.62 bits per heavy atom. The summed E-state index contributed by atoms with van der Waals surface area (Å²) in [6.45, 7) is 1.08. The summed E-state index contributed by atoms with van der Waals surface area (Å²) >= 11 is 0. The third-order valence-electron chi connectivity index (χ3n) is 5.04. The average molecular weight is 379 g/mol. The minimum atomic E-state index is -3.54. The zero-order chi connectivity index (χ0) is 18.6. The molecule has 1 unspecified atom stereocenters. The largest absolute Gasteiger partial charge is 0.451 e. The van der Waals surface area contributed by atoms with Gasteiger partial charge in [-0.2, -0.15) is 4.31 Å². The molecule has 1 atom stereocenters. The quantitative estimate of drug-likeness (QED) is 0.752. The fourth-order valence-corrected chi connectivity index (χ4v) is 4.98. The van der Waals surface area contributed by atoms with Gasteiger partial charge in [0.1, 0.15) is 0 Å². The highest BCUT2D eigenvalue weighted by Crippen LogP contribution is 2.22. The molecule has 2 fully saturated rings. The molecule has 1 aliphatic heterocycles. The molecule has 0 aromatic heterocycles. The van der Waals surface area contributed by atoms with E-state index in [0.717, 1.165) is 38.5 Å². The van der Waals surface area contributed by atoms with Gasteiger partial charge in [0.15, 0.2) is 11.9 Å². The summed E-state index contributed by atoms with van der Waals surface area (Å²) in [7, 11) is -3.54. The Bertz CT molecular complexity index is 749. The summed E-state index contributed by atoms with van der Waals surface area (Å²) in [5, 5.41) is 0. The highest BCUT2D eigenvalue weighted by molar-refractivity contribution is 7.89. The first kappa shape index (κ1) is 19.0. The molecule has 1 aromatic carbocycles. The van der Waals surface area contributed by atoms with Crippen molar-refractivity contribution in [3.63, 3.8) is 0 Å². The SMILES string of the molecule is O=C(OC1CCCCC1=O)c1ccc(S(=O)(=O)N2CCCCCC2)cc1. The third-order valence-corrected chi connectivity index (χ3v) is 6.95. The number of carbonyl (C=O) groups is 2. The van der Waals surface area contributed by atoms with Crippen molar-refractivity contribution in [3.8, 4) is 0 Å². The molecule has 6 nitrogen and oxygen atoms in total. The molecule has 1 saturated carbocycles. The highest BCUT2D eigenvalue weighted by atomic mass is 32.2. The minimum Gasteiger partial charge on any atom is -0.451 e. The predicted octanol–water partition coefficient (Wildman–Crippen LogP) is 2.92. The Labute approximate surface area is 154 Å². The molecule has 26 heavy (non-hydrogen) atoms. The van der Waals surface area contributed by atoms with E-state index in [4.69, 9.17) is 4.74 Å². The number of ketones is 1. The topological polar surface area (TPSA) is 80.8 Å². The van der Waals surface area contributed by atoms with Crippen LogP contribution in [0.15, 0.2) is 29.2 Å². The first-order valence-electron chi connectivity index (χ1n) is 9.32. The zero-order valence-corrected chi connectivity index (χ0v) is 15.7. The van der Waals surface area contributed by atoms with Crippen LogP contribution in [0.1, 0.15) is 61.7 Å². The molecule has 0 radical (unpaired) electrons. The maximum atomic E-state index is 12.7. The Balaban J connectivity index is 1.69. The van der Waals surface area contributed by atoms with Crippen molar-refractivity contribution in [2.24, 2.45) is 0 Å². The lowest BCUT2D eigenvalue weighted by atomic mass is 9.96. The van der Waals surface area contributed by atoms with Gasteiger partial charge >= 0.3 is 5.97 Å². The van der Waals surface area contributed by atoms with Gasteiger partial charge in [-0.3, -0.25) is 4.79 Å². The minimum absolute atomic E-state index is 0.0371. The normalized spacial score (nSPS) is 22.6. The van der Waals surface area contributed by atoms with Gasteiger partial charge in [0.2, 0.25) is 10.0 Å². The van der Waals surface area contributed by atoms with E-state index in [1.165, 1.54) is 28.6 Å². The van der Waals surface area contributed by atoms with Crippen LogP contribution in [0.5, 0.6) is 0 Å². The fourth-order valence-electron chi connectivity index (χ4n) is 3.47. The van der Waals surface area contributed by atoms with Crippen LogP contribution in [0.3, 0.4) is 0 Å². The second-order valence-corrected chi connectivity index (χ2v) is 8.89. The number of ether oxygens (including phenoxy) is 1. The summed E-state index contributed by atoms with van der Waals surface area (Å²) in [6, 6.07) is 5.81. The van der Waals surface area contributed by atoms with Gasteiger partial charge in [0, 0.05) is 19.5 Å². The first-order chi connectivity index (χ1) is 12.5. The van der Waals surface area contributed by atoms with E-state index in [0.29, 0.717) is 25.9 Å². The van der Waals surface area contributed by atoms with Crippen molar-refractivity contribution in [3.05, 3.63) is 29.8 Å². The molecule has 0 spiro atoms. The van der Waals surface area contributed by atoms with Crippen LogP contribution in [0.4, 0.5) is 0 Å². The summed E-state index contributed by atoms with van der Waals surface area (Å²) in [4.78, 5) is 24.2. The first-order valence-corrected chi connectivity index (χ1v) is 10.8. The van der Waals surface area contributed by atoms with Crippen molar-refractivity contribution in [2.45, 2.75) is 62.4 Å². The number of esters is 1. The van der Waals surface area contributed by atoms with Crippen LogP contribution < -0.4 is 0 Å². The molecule has 1 aromatic rings. The number of benzene rings is 1. The van der Waals surface area contributed by atoms with E-state index in [1.54, 1.807) is 0 Å². The Morgan fingerprint density at radius 3 is 2.23 bits per heavy atom. The smallest absolute Gasteiger partial charge is 0.338 e. The van der Waals surface area contributed by atoms with Gasteiger partial charge in [0.25, 0.3) is 0 Å². The molecule has 0 N–H and O–H groups in total. The van der Waals surface area contributed by atoms with Gasteiger partial charge in [-0.05, 0) is 56.4 Å². The molecule has 2 aliphatic rings. The van der Waals surface area contributed by atoms with Gasteiger partial charge in [0.05, 0.1) is 10.5 Å². The predicted molar refractivity (Wildman–Crippen MR) is 96.3 cm³/mol. The lowest BCUT2D eigenvalue weighted by Gasteiger charge is -2.21. The molecule has 0 bridgehead atoms. The maximum Gasteiger partial charge on any atom is 0.338 e. The summed E-state index contributed by atoms with van der Waals surface area (Å²) < 4.78 is 32.3. The second kappa shape index (κ2) is 8.31. The van der Waals surface area contributed by atoms with Crippen LogP contribution in [-0.4, -0.2) is 43.7 Å². The lowest BCUT2D eigenvalue weighted by molar-refractivity contribution is -0.129. The van der Waals surface area contributed by atoms with Gasteiger partial charge < -0.3 is 4.74 Å². The van der Waals surface area contributed by atoms with Crippen molar-refractivity contribution in [1.82, 2.24) is 4.31 Å². The second-order valence-electron chi connectivity index (χ2n) is 6.95. The number of hydrogen-bond acceptors (Lipinski definition) is 5. The molecule has 3 rings (SSSR count). The molecule has 142 valence electrons. The molecular formula is C19H25NO5S. The molecule has 1 heterocycles. The van der Waals surface area contributed by atoms with E-state index in [1.807, 2.05) is 0 Å². The van der Waals surface area contributed by atoms with Crippen LogP contribution in [0.2, 0.25) is 0 Å². The number of nitrogens with zero attached hydrogens (tertiary/aromatic N) is 1. The highest BCUT2D eigenvalue weighted by Gasteiger charge is 2.28. The number of carbonyl (C=O) groups excluding carboxylic acids is 2. The Hall–Kier alpha value is -1.73. The summed E-state index contributed by atoms with van der Waals surface area (Å²) in [5.74, 6) is -0.617. The third kappa shape index (κ3) is 4.32. The lowest BCUT2D eigenvalue weighted by Crippen LogP contribution is -2.32. The van der Waals surface area contributed by atoms with Crippen molar-refractivity contribution >= 4 is 21.8 Å². The van der Waals surface area contributed by atoms with E-state index in [9.17, 15) is 18.0 Å². The van der Waals surface area contributed by atoms with Gasteiger partial charge in [-0.25, -0.2) is 13.2 Å². The van der Waals surface area contributed by atoms with Gasteiger partial charge in [-0.1, -0.05) is 12.8 Å². The molecule has 7 heteroatoms. The zero-order valence-electron chi connectivity index (χ0n) is 14.9. The monoisotopic (exact) mass is 379 g/mol. The molecule has 0 amide bonds. The van der Waals surface area contributed by atoms with Crippen molar-refractivity contribution in [2.75, 3.05) is 13.1 Å². The molecule has 1 saturated heterocycles. The number of hydrogen-bond donors (Lipinski definition) is 0. The Morgan fingerprint density at radius 1 is 0.962 bits per heavy atom. The summed E-state index contributed by atoms with van der Waals surface area (Å²) in [6.07, 6.45) is 5.91. The number of rotatable bonds is 4. The van der Waals surface area contributed by atoms with Crippen LogP contribution in [0.25, 0.3) is 0 Å². The molecular weight excluding hydrogens is 354 g/mol. The molecule has 1 aliphatic carbocycles. The number of Topliss-reactive ketones (excluding diaryl/α,β-unsaturated/α-hetero) is 1. The maximum absolute atomic E-state index is 12.7. The van der Waals surface area contributed by atoms with E-state index >= 15 is 0 Å². The Kier molecular flexibility index (Phi) is 6.09. The van der Waals surface area contributed by atoms with E-state index in [2.05, 4.69) is 0 Å². The number of sulfonamides is 1. The van der Waals surface area contributed by atoms with Crippen molar-refractivity contribution in [1.29, 1.82) is 0 Å². The van der Waals surface area contributed by atoms with Crippen LogP contribution in [-0.2, 0) is 19.6 Å². The van der Waals surface area contributed by atoms with Crippen molar-refractivity contribution < 1.29 is 22.7 Å². The van der Waals surface area contributed by atoms with E-state index < -0.39 is 22.1 Å². The average Bonchev–Trinajstić information content (AvgIpc) is 2.94. The summed E-state index contributed by atoms with van der Waals surface area (Å²) in [5.41, 5.74) is 0.262. The van der Waals surface area contributed by atoms with Gasteiger partial charge in [-0.15, -0.1) is 0 Å².